The summed E-state index contributed by atoms with van der Waals surface area (Å²) in [5.74, 6) is 0.325. The molecule has 2 heterocycles. The summed E-state index contributed by atoms with van der Waals surface area (Å²) in [5, 5.41) is 3.25. The molecule has 1 aromatic heterocycles. The van der Waals surface area contributed by atoms with Crippen LogP contribution in [0.5, 0.6) is 0 Å². The Balaban J connectivity index is 2.03. The van der Waals surface area contributed by atoms with E-state index in [4.69, 9.17) is 4.74 Å². The fraction of sp³-hybridized carbons (Fsp3) is 0.727. The van der Waals surface area contributed by atoms with Crippen LogP contribution < -0.4 is 5.32 Å². The Kier molecular flexibility index (Phi) is 4.36. The number of nitrogens with zero attached hydrogens (tertiary/aromatic N) is 2. The first-order chi connectivity index (χ1) is 8.62. The molecule has 0 bridgehead atoms. The number of hydrogen-bond donors (Lipinski definition) is 1. The lowest BCUT2D eigenvalue weighted by atomic mass is 10.2. The Bertz CT molecular complexity index is 477. The van der Waals surface area contributed by atoms with Crippen molar-refractivity contribution in [3.8, 4) is 0 Å². The monoisotopic (exact) mass is 273 g/mol. The summed E-state index contributed by atoms with van der Waals surface area (Å²) >= 11 is 0. The van der Waals surface area contributed by atoms with Gasteiger partial charge in [0.25, 0.3) is 0 Å². The van der Waals surface area contributed by atoms with E-state index < -0.39 is 9.84 Å². The molecule has 1 unspecified atom stereocenters. The zero-order valence-electron chi connectivity index (χ0n) is 10.5. The van der Waals surface area contributed by atoms with E-state index in [-0.39, 0.29) is 17.6 Å². The van der Waals surface area contributed by atoms with Crippen molar-refractivity contribution < 1.29 is 13.2 Å². The number of ether oxygens (including phenoxy) is 1. The molecule has 1 aliphatic rings. The number of aromatic nitrogens is 2. The summed E-state index contributed by atoms with van der Waals surface area (Å²) < 4.78 is 30.5. The number of aryl methyl sites for hydroxylation is 1. The van der Waals surface area contributed by atoms with Crippen LogP contribution in [0.25, 0.3) is 0 Å². The van der Waals surface area contributed by atoms with Gasteiger partial charge in [0.1, 0.15) is 6.10 Å². The topological polar surface area (TPSA) is 73.2 Å². The third kappa shape index (κ3) is 3.30. The smallest absolute Gasteiger partial charge is 0.151 e. The van der Waals surface area contributed by atoms with E-state index in [1.165, 1.54) is 0 Å². The lowest BCUT2D eigenvalue weighted by Gasteiger charge is -2.24. The second kappa shape index (κ2) is 5.81. The Hall–Kier alpha value is -0.920. The molecular weight excluding hydrogens is 254 g/mol. The fourth-order valence-electron chi connectivity index (χ4n) is 1.92. The van der Waals surface area contributed by atoms with Gasteiger partial charge in [0.2, 0.25) is 0 Å². The standard InChI is InChI=1S/C11H19N3O3S/c1-2-18(15,16)6-4-14-9-13-7-10(14)11-8-12-3-5-17-11/h7,9,11-12H,2-6,8H2,1H3. The average Bonchev–Trinajstić information content (AvgIpc) is 2.86. The van der Waals surface area contributed by atoms with E-state index in [1.54, 1.807) is 19.4 Å². The Morgan fingerprint density at radius 1 is 1.61 bits per heavy atom. The van der Waals surface area contributed by atoms with Gasteiger partial charge in [0, 0.05) is 25.4 Å². The normalized spacial score (nSPS) is 21.1. The maximum atomic E-state index is 11.5. The van der Waals surface area contributed by atoms with Gasteiger partial charge in [0.05, 0.1) is 30.6 Å². The van der Waals surface area contributed by atoms with Gasteiger partial charge < -0.3 is 14.6 Å². The van der Waals surface area contributed by atoms with E-state index >= 15 is 0 Å². The van der Waals surface area contributed by atoms with Crippen LogP contribution in [-0.4, -0.2) is 49.2 Å². The minimum absolute atomic E-state index is 0.0365. The largest absolute Gasteiger partial charge is 0.369 e. The van der Waals surface area contributed by atoms with Crippen molar-refractivity contribution in [2.24, 2.45) is 0 Å². The maximum absolute atomic E-state index is 11.5. The fourth-order valence-corrected chi connectivity index (χ4v) is 2.69. The summed E-state index contributed by atoms with van der Waals surface area (Å²) in [7, 11) is -2.95. The minimum atomic E-state index is -2.95. The van der Waals surface area contributed by atoms with Gasteiger partial charge in [-0.15, -0.1) is 0 Å². The molecule has 18 heavy (non-hydrogen) atoms. The number of sulfone groups is 1. The van der Waals surface area contributed by atoms with Gasteiger partial charge >= 0.3 is 0 Å². The first-order valence-corrected chi connectivity index (χ1v) is 7.97. The number of hydrogen-bond acceptors (Lipinski definition) is 5. The van der Waals surface area contributed by atoms with Crippen molar-refractivity contribution in [2.45, 2.75) is 19.6 Å². The lowest BCUT2D eigenvalue weighted by molar-refractivity contribution is 0.0229. The van der Waals surface area contributed by atoms with Crippen molar-refractivity contribution in [2.75, 3.05) is 31.2 Å². The third-order valence-corrected chi connectivity index (χ3v) is 4.77. The van der Waals surface area contributed by atoms with Gasteiger partial charge in [0.15, 0.2) is 9.84 Å². The van der Waals surface area contributed by atoms with Crippen LogP contribution >= 0.6 is 0 Å². The molecule has 1 N–H and O–H groups in total. The summed E-state index contributed by atoms with van der Waals surface area (Å²) in [6, 6.07) is 0. The summed E-state index contributed by atoms with van der Waals surface area (Å²) in [6.07, 6.45) is 3.37. The predicted molar refractivity (Wildman–Crippen MR) is 68.1 cm³/mol. The predicted octanol–water partition coefficient (Wildman–Crippen LogP) is -0.0213. The van der Waals surface area contributed by atoms with Gasteiger partial charge in [-0.2, -0.15) is 0 Å². The van der Waals surface area contributed by atoms with Crippen LogP contribution in [0.4, 0.5) is 0 Å². The summed E-state index contributed by atoms with van der Waals surface area (Å²) in [5.41, 5.74) is 0.938. The van der Waals surface area contributed by atoms with Crippen LogP contribution in [0.15, 0.2) is 12.5 Å². The molecule has 0 spiro atoms. The van der Waals surface area contributed by atoms with E-state index in [1.807, 2.05) is 4.57 Å². The van der Waals surface area contributed by atoms with E-state index in [2.05, 4.69) is 10.3 Å². The number of rotatable bonds is 5. The Morgan fingerprint density at radius 2 is 2.44 bits per heavy atom. The van der Waals surface area contributed by atoms with Crippen molar-refractivity contribution in [1.29, 1.82) is 0 Å². The zero-order valence-corrected chi connectivity index (χ0v) is 11.3. The molecule has 6 nitrogen and oxygen atoms in total. The molecule has 7 heteroatoms. The van der Waals surface area contributed by atoms with Crippen molar-refractivity contribution in [3.63, 3.8) is 0 Å². The third-order valence-electron chi connectivity index (χ3n) is 3.09. The molecule has 0 radical (unpaired) electrons. The molecule has 0 amide bonds. The highest BCUT2D eigenvalue weighted by molar-refractivity contribution is 7.91. The molecule has 2 rings (SSSR count). The molecule has 1 fully saturated rings. The number of nitrogens with one attached hydrogen (secondary N) is 1. The second-order valence-electron chi connectivity index (χ2n) is 4.31. The first kappa shape index (κ1) is 13.5. The minimum Gasteiger partial charge on any atom is -0.369 e. The quantitative estimate of drug-likeness (QED) is 0.816. The van der Waals surface area contributed by atoms with Crippen LogP contribution in [-0.2, 0) is 21.1 Å². The molecule has 102 valence electrons. The molecule has 1 saturated heterocycles. The lowest BCUT2D eigenvalue weighted by Crippen LogP contribution is -2.34. The van der Waals surface area contributed by atoms with Gasteiger partial charge in [-0.05, 0) is 0 Å². The SMILES string of the molecule is CCS(=O)(=O)CCn1cncc1C1CNCCO1. The van der Waals surface area contributed by atoms with Crippen molar-refractivity contribution in [1.82, 2.24) is 14.9 Å². The number of morpholine rings is 1. The molecule has 0 saturated carbocycles. The summed E-state index contributed by atoms with van der Waals surface area (Å²) in [6.45, 7) is 4.37. The molecular formula is C11H19N3O3S. The van der Waals surface area contributed by atoms with Crippen LogP contribution in [0.1, 0.15) is 18.7 Å². The summed E-state index contributed by atoms with van der Waals surface area (Å²) in [4.78, 5) is 4.08. The van der Waals surface area contributed by atoms with E-state index in [9.17, 15) is 8.42 Å². The van der Waals surface area contributed by atoms with E-state index in [0.717, 1.165) is 18.8 Å². The highest BCUT2D eigenvalue weighted by Gasteiger charge is 2.20. The molecule has 0 aromatic carbocycles. The van der Waals surface area contributed by atoms with Crippen molar-refractivity contribution >= 4 is 9.84 Å². The Morgan fingerprint density at radius 3 is 3.11 bits per heavy atom. The highest BCUT2D eigenvalue weighted by atomic mass is 32.2. The van der Waals surface area contributed by atoms with Crippen LogP contribution in [0.3, 0.4) is 0 Å². The van der Waals surface area contributed by atoms with Crippen molar-refractivity contribution in [3.05, 3.63) is 18.2 Å². The highest BCUT2D eigenvalue weighted by Crippen LogP contribution is 2.18. The molecule has 1 aliphatic heterocycles. The van der Waals surface area contributed by atoms with E-state index in [0.29, 0.717) is 13.2 Å². The van der Waals surface area contributed by atoms with Crippen LogP contribution in [0, 0.1) is 0 Å². The second-order valence-corrected chi connectivity index (χ2v) is 6.78. The molecule has 0 aliphatic carbocycles. The van der Waals surface area contributed by atoms with Crippen LogP contribution in [0.2, 0.25) is 0 Å². The van der Waals surface area contributed by atoms with Gasteiger partial charge in [-0.3, -0.25) is 0 Å². The average molecular weight is 273 g/mol. The number of imidazole rings is 1. The van der Waals surface area contributed by atoms with Gasteiger partial charge in [-0.1, -0.05) is 6.92 Å². The molecule has 1 atom stereocenters. The van der Waals surface area contributed by atoms with Gasteiger partial charge in [-0.25, -0.2) is 13.4 Å². The first-order valence-electron chi connectivity index (χ1n) is 6.15. The molecule has 1 aromatic rings. The maximum Gasteiger partial charge on any atom is 0.151 e. The zero-order chi connectivity index (χ0) is 13.0. The Labute approximate surface area is 107 Å².